The molecular weight excluding hydrogens is 416 g/mol. The van der Waals surface area contributed by atoms with E-state index in [-0.39, 0.29) is 18.0 Å². The zero-order chi connectivity index (χ0) is 24.5. The summed E-state index contributed by atoms with van der Waals surface area (Å²) in [6.07, 6.45) is 13.1. The number of hydrogen-bond acceptors (Lipinski definition) is 5. The van der Waals surface area contributed by atoms with Gasteiger partial charge >= 0.3 is 11.9 Å². The summed E-state index contributed by atoms with van der Waals surface area (Å²) in [6, 6.07) is 7.84. The van der Waals surface area contributed by atoms with Gasteiger partial charge in [-0.25, -0.2) is 9.59 Å². The Morgan fingerprint density at radius 3 is 2.27 bits per heavy atom. The van der Waals surface area contributed by atoms with Crippen LogP contribution in [0.15, 0.2) is 42.5 Å². The van der Waals surface area contributed by atoms with Crippen LogP contribution in [0.1, 0.15) is 84.1 Å². The van der Waals surface area contributed by atoms with Crippen molar-refractivity contribution in [2.24, 2.45) is 5.92 Å². The molecule has 2 atom stereocenters. The monoisotopic (exact) mass is 458 g/mol. The molecule has 0 fully saturated rings. The first-order chi connectivity index (χ1) is 15.9. The van der Waals surface area contributed by atoms with Crippen LogP contribution in [-0.2, 0) is 19.1 Å². The lowest BCUT2D eigenvalue weighted by molar-refractivity contribution is -0.139. The first-order valence-electron chi connectivity index (χ1n) is 12.3. The van der Waals surface area contributed by atoms with Crippen molar-refractivity contribution in [3.05, 3.63) is 48.1 Å². The van der Waals surface area contributed by atoms with E-state index >= 15 is 0 Å². The molecule has 1 aromatic rings. The fourth-order valence-electron chi connectivity index (χ4n) is 3.75. The highest BCUT2D eigenvalue weighted by molar-refractivity contribution is 5.87. The lowest BCUT2D eigenvalue weighted by atomic mass is 9.90. The minimum absolute atomic E-state index is 0.197. The molecule has 0 bridgehead atoms. The van der Waals surface area contributed by atoms with Crippen molar-refractivity contribution in [2.75, 3.05) is 13.7 Å². The molecule has 5 nitrogen and oxygen atoms in total. The summed E-state index contributed by atoms with van der Waals surface area (Å²) in [6.45, 7) is 10.2. The van der Waals surface area contributed by atoms with E-state index in [2.05, 4.69) is 25.2 Å². The Labute approximate surface area is 200 Å². The van der Waals surface area contributed by atoms with Gasteiger partial charge in [-0.15, -0.1) is 0 Å². The number of rotatable bonds is 17. The maximum atomic E-state index is 11.4. The standard InChI is InChI=1S/C28H42O5/c1-6-13-24(7-2)26(14-11-9-8-10-12-21-32-28(30)22(3)4)33-25-18-15-23(16-19-25)17-20-27(29)31-5/h15-20,24,26H,3,6-14,21H2,1-2,4-5H3/b20-17+. The number of unbranched alkanes of at least 4 members (excludes halogenated alkanes) is 4. The molecule has 1 rings (SSSR count). The predicted molar refractivity (Wildman–Crippen MR) is 134 cm³/mol. The summed E-state index contributed by atoms with van der Waals surface area (Å²) in [5, 5.41) is 0. The molecule has 1 aromatic carbocycles. The summed E-state index contributed by atoms with van der Waals surface area (Å²) in [5.41, 5.74) is 1.38. The lowest BCUT2D eigenvalue weighted by Crippen LogP contribution is -2.27. The van der Waals surface area contributed by atoms with Crippen LogP contribution in [0.25, 0.3) is 6.08 Å². The van der Waals surface area contributed by atoms with Gasteiger partial charge in [0, 0.05) is 11.6 Å². The van der Waals surface area contributed by atoms with Gasteiger partial charge in [-0.3, -0.25) is 0 Å². The zero-order valence-corrected chi connectivity index (χ0v) is 20.9. The van der Waals surface area contributed by atoms with Gasteiger partial charge in [0.2, 0.25) is 0 Å². The fourth-order valence-corrected chi connectivity index (χ4v) is 3.75. The molecule has 0 aliphatic carbocycles. The number of ether oxygens (including phenoxy) is 3. The predicted octanol–water partition coefficient (Wildman–Crippen LogP) is 6.91. The van der Waals surface area contributed by atoms with Crippen LogP contribution in [0.5, 0.6) is 5.75 Å². The van der Waals surface area contributed by atoms with Crippen LogP contribution in [0.2, 0.25) is 0 Å². The Balaban J connectivity index is 2.51. The molecule has 33 heavy (non-hydrogen) atoms. The van der Waals surface area contributed by atoms with E-state index in [4.69, 9.17) is 9.47 Å². The molecule has 0 amide bonds. The van der Waals surface area contributed by atoms with E-state index in [1.165, 1.54) is 13.2 Å². The minimum atomic E-state index is -0.367. The average molecular weight is 459 g/mol. The Morgan fingerprint density at radius 1 is 1.00 bits per heavy atom. The molecule has 0 aliphatic rings. The third kappa shape index (κ3) is 12.3. The van der Waals surface area contributed by atoms with Gasteiger partial charge in [0.25, 0.3) is 0 Å². The molecule has 0 aliphatic heterocycles. The van der Waals surface area contributed by atoms with E-state index < -0.39 is 0 Å². The van der Waals surface area contributed by atoms with Crippen LogP contribution in [0.4, 0.5) is 0 Å². The van der Waals surface area contributed by atoms with Gasteiger partial charge in [-0.05, 0) is 68.7 Å². The number of benzene rings is 1. The molecule has 0 N–H and O–H groups in total. The topological polar surface area (TPSA) is 61.8 Å². The smallest absolute Gasteiger partial charge is 0.333 e. The summed E-state index contributed by atoms with van der Waals surface area (Å²) in [4.78, 5) is 22.6. The number of hydrogen-bond donors (Lipinski definition) is 0. The number of carbonyl (C=O) groups is 2. The van der Waals surface area contributed by atoms with Crippen LogP contribution in [0, 0.1) is 5.92 Å². The molecule has 0 saturated heterocycles. The maximum Gasteiger partial charge on any atom is 0.333 e. The highest BCUT2D eigenvalue weighted by atomic mass is 16.5. The minimum Gasteiger partial charge on any atom is -0.490 e. The van der Waals surface area contributed by atoms with Crippen LogP contribution >= 0.6 is 0 Å². The largest absolute Gasteiger partial charge is 0.490 e. The van der Waals surface area contributed by atoms with Crippen molar-refractivity contribution in [3.63, 3.8) is 0 Å². The normalized spacial score (nSPS) is 12.8. The van der Waals surface area contributed by atoms with Crippen molar-refractivity contribution in [1.82, 2.24) is 0 Å². The van der Waals surface area contributed by atoms with Gasteiger partial charge in [0.05, 0.1) is 13.7 Å². The highest BCUT2D eigenvalue weighted by Gasteiger charge is 2.21. The summed E-state index contributed by atoms with van der Waals surface area (Å²) < 4.78 is 16.2. The molecule has 0 radical (unpaired) electrons. The Morgan fingerprint density at radius 2 is 1.67 bits per heavy atom. The van der Waals surface area contributed by atoms with Crippen molar-refractivity contribution in [3.8, 4) is 5.75 Å². The van der Waals surface area contributed by atoms with Gasteiger partial charge in [-0.1, -0.05) is 58.2 Å². The average Bonchev–Trinajstić information content (AvgIpc) is 2.82. The highest BCUT2D eigenvalue weighted by Crippen LogP contribution is 2.26. The van der Waals surface area contributed by atoms with Gasteiger partial charge in [0.15, 0.2) is 0 Å². The van der Waals surface area contributed by atoms with E-state index in [1.807, 2.05) is 24.3 Å². The Kier molecular flexibility index (Phi) is 14.7. The first-order valence-corrected chi connectivity index (χ1v) is 12.3. The quantitative estimate of drug-likeness (QED) is 0.144. The third-order valence-electron chi connectivity index (χ3n) is 5.70. The molecular formula is C28H42O5. The Bertz CT molecular complexity index is 735. The Hall–Kier alpha value is -2.56. The van der Waals surface area contributed by atoms with Gasteiger partial charge in [0.1, 0.15) is 11.9 Å². The molecule has 0 heterocycles. The van der Waals surface area contributed by atoms with Crippen LogP contribution in [0.3, 0.4) is 0 Å². The SMILES string of the molecule is C=C(C)C(=O)OCCCCCCCC(Oc1ccc(/C=C/C(=O)OC)cc1)C(CC)CCC. The van der Waals surface area contributed by atoms with Gasteiger partial charge < -0.3 is 14.2 Å². The van der Waals surface area contributed by atoms with E-state index in [0.29, 0.717) is 18.1 Å². The summed E-state index contributed by atoms with van der Waals surface area (Å²) >= 11 is 0. The van der Waals surface area contributed by atoms with Gasteiger partial charge in [-0.2, -0.15) is 0 Å². The number of esters is 2. The summed E-state index contributed by atoms with van der Waals surface area (Å²) in [5.74, 6) is 0.734. The first kappa shape index (κ1) is 28.5. The molecule has 0 aromatic heterocycles. The summed E-state index contributed by atoms with van der Waals surface area (Å²) in [7, 11) is 1.37. The maximum absolute atomic E-state index is 11.4. The van der Waals surface area contributed by atoms with E-state index in [9.17, 15) is 9.59 Å². The molecule has 184 valence electrons. The molecule has 5 heteroatoms. The van der Waals surface area contributed by atoms with Crippen molar-refractivity contribution < 1.29 is 23.8 Å². The molecule has 0 spiro atoms. The van der Waals surface area contributed by atoms with Crippen LogP contribution in [-0.4, -0.2) is 31.8 Å². The lowest BCUT2D eigenvalue weighted by Gasteiger charge is -2.27. The second-order valence-electron chi connectivity index (χ2n) is 8.51. The second kappa shape index (κ2) is 17.0. The zero-order valence-electron chi connectivity index (χ0n) is 20.9. The number of carbonyl (C=O) groups excluding carboxylic acids is 2. The van der Waals surface area contributed by atoms with Crippen molar-refractivity contribution in [2.45, 2.75) is 84.7 Å². The van der Waals surface area contributed by atoms with Crippen molar-refractivity contribution in [1.29, 1.82) is 0 Å². The van der Waals surface area contributed by atoms with E-state index in [1.54, 1.807) is 13.0 Å². The van der Waals surface area contributed by atoms with Crippen LogP contribution < -0.4 is 4.74 Å². The molecule has 0 saturated carbocycles. The number of methoxy groups -OCH3 is 1. The second-order valence-corrected chi connectivity index (χ2v) is 8.51. The molecule has 2 unspecified atom stereocenters. The fraction of sp³-hybridized carbons (Fsp3) is 0.571. The van der Waals surface area contributed by atoms with E-state index in [0.717, 1.165) is 69.1 Å². The third-order valence-corrected chi connectivity index (χ3v) is 5.70. The van der Waals surface area contributed by atoms with Crippen molar-refractivity contribution >= 4 is 18.0 Å².